The predicted octanol–water partition coefficient (Wildman–Crippen LogP) is 3.41. The second kappa shape index (κ2) is 16.2. The molecule has 0 atom stereocenters. The van der Waals surface area contributed by atoms with Crippen LogP contribution in [0.15, 0.2) is 0 Å². The second-order valence-corrected chi connectivity index (χ2v) is 4.42. The third-order valence-corrected chi connectivity index (χ3v) is 2.26. The van der Waals surface area contributed by atoms with E-state index in [1.165, 1.54) is 10.6 Å². The Morgan fingerprint density at radius 2 is 1.60 bits per heavy atom. The average molecular weight is 157 g/mol. The summed E-state index contributed by atoms with van der Waals surface area (Å²) in [5, 5.41) is 2.85. The van der Waals surface area contributed by atoms with Crippen molar-refractivity contribution in [3.63, 3.8) is 0 Å². The summed E-state index contributed by atoms with van der Waals surface area (Å²) in [6.45, 7) is 7.18. The van der Waals surface area contributed by atoms with E-state index in [2.05, 4.69) is 20.8 Å². The van der Waals surface area contributed by atoms with E-state index in [0.29, 0.717) is 6.54 Å². The topological polar surface area (TPSA) is 23.8 Å². The Bertz CT molecular complexity index is 30.2. The zero-order valence-electron chi connectivity index (χ0n) is 7.61. The fraction of sp³-hybridized carbons (Fsp3) is 1.00. The normalized spacial score (nSPS) is 7.60. The van der Waals surface area contributed by atoms with Crippen molar-refractivity contribution in [1.29, 1.82) is 0 Å². The third-order valence-electron chi connectivity index (χ3n) is 1.11. The van der Waals surface area contributed by atoms with Crippen molar-refractivity contribution in [1.82, 2.24) is 0 Å². The van der Waals surface area contributed by atoms with Crippen LogP contribution in [-0.4, -0.2) is 21.8 Å². The minimum absolute atomic E-state index is 0.594. The summed E-state index contributed by atoms with van der Waals surface area (Å²) in [7, 11) is 0. The average Bonchev–Trinajstić information content (AvgIpc) is 1.93. The van der Waals surface area contributed by atoms with Gasteiger partial charge in [0.05, 0.1) is 0 Å². The molecule has 0 rings (SSSR count). The van der Waals surface area contributed by atoms with Crippen LogP contribution in [0.2, 0.25) is 10.6 Å². The van der Waals surface area contributed by atoms with Gasteiger partial charge in [0.1, 0.15) is 0 Å². The van der Waals surface area contributed by atoms with Crippen LogP contribution in [0.4, 0.5) is 0 Å². The molecule has 0 amide bonds. The van der Waals surface area contributed by atoms with Gasteiger partial charge in [0, 0.05) is 0 Å². The Morgan fingerprint density at radius 1 is 1.10 bits per heavy atom. The van der Waals surface area contributed by atoms with Crippen molar-refractivity contribution in [2.45, 2.75) is 44.2 Å². The Morgan fingerprint density at radius 3 is 1.60 bits per heavy atom. The van der Waals surface area contributed by atoms with E-state index in [4.69, 9.17) is 5.73 Å². The molecule has 1 nitrogen and oxygen atoms in total. The number of hydrogen-bond acceptors (Lipinski definition) is 0. The minimum atomic E-state index is 0.594. The zero-order valence-corrected chi connectivity index (χ0v) is 8.77. The summed E-state index contributed by atoms with van der Waals surface area (Å²) >= 11 is 0.815. The standard InChI is InChI=1S/C4H10N.2C2H5.Al/c1-2-3-4-5;2*1-2;/h5H,2-4H2,1H3;2*1H2,2H3;/q-1;;;+1. The Hall–Kier alpha value is 0.492. The van der Waals surface area contributed by atoms with Gasteiger partial charge in [-0.05, 0) is 0 Å². The van der Waals surface area contributed by atoms with Gasteiger partial charge < -0.3 is 5.73 Å². The van der Waals surface area contributed by atoms with Gasteiger partial charge in [-0.2, -0.15) is 6.54 Å². The molecular weight excluding hydrogens is 137 g/mol. The van der Waals surface area contributed by atoms with Crippen molar-refractivity contribution < 1.29 is 0 Å². The molecule has 0 unspecified atom stereocenters. The van der Waals surface area contributed by atoms with E-state index in [0.717, 1.165) is 28.1 Å². The van der Waals surface area contributed by atoms with Crippen LogP contribution in [0.1, 0.15) is 33.6 Å². The van der Waals surface area contributed by atoms with Crippen molar-refractivity contribution in [2.75, 3.05) is 6.54 Å². The first-order chi connectivity index (χ1) is 4.83. The van der Waals surface area contributed by atoms with Crippen LogP contribution in [0.5, 0.6) is 0 Å². The van der Waals surface area contributed by atoms with E-state index < -0.39 is 0 Å². The first-order valence-corrected chi connectivity index (χ1v) is 5.92. The molecule has 0 spiro atoms. The summed E-state index contributed by atoms with van der Waals surface area (Å²) in [6, 6.07) is 0. The van der Waals surface area contributed by atoms with Crippen molar-refractivity contribution in [3.05, 3.63) is 5.73 Å². The van der Waals surface area contributed by atoms with Crippen molar-refractivity contribution >= 4 is 15.2 Å². The quantitative estimate of drug-likeness (QED) is 0.558. The summed E-state index contributed by atoms with van der Waals surface area (Å²) in [6.07, 6.45) is 2.21. The first-order valence-electron chi connectivity index (χ1n) is 4.29. The van der Waals surface area contributed by atoms with E-state index in [1.54, 1.807) is 0 Å². The molecule has 0 fully saturated rings. The van der Waals surface area contributed by atoms with Crippen LogP contribution in [-0.2, 0) is 0 Å². The molecule has 0 saturated heterocycles. The van der Waals surface area contributed by atoms with Crippen LogP contribution >= 0.6 is 0 Å². The molecule has 0 aromatic carbocycles. The molecule has 0 aliphatic rings. The second-order valence-electron chi connectivity index (χ2n) is 2.21. The van der Waals surface area contributed by atoms with Crippen LogP contribution in [0.3, 0.4) is 0 Å². The van der Waals surface area contributed by atoms with Crippen LogP contribution in [0, 0.1) is 0 Å². The maximum absolute atomic E-state index is 6.60. The van der Waals surface area contributed by atoms with Gasteiger partial charge in [0.2, 0.25) is 0 Å². The third kappa shape index (κ3) is 23.6. The molecule has 2 heteroatoms. The van der Waals surface area contributed by atoms with E-state index in [9.17, 15) is 0 Å². The summed E-state index contributed by atoms with van der Waals surface area (Å²) in [5.41, 5.74) is 6.60. The zero-order chi connectivity index (χ0) is 8.24. The molecule has 0 aliphatic heterocycles. The number of rotatable bonds is 4. The van der Waals surface area contributed by atoms with Gasteiger partial charge in [-0.3, -0.25) is 0 Å². The van der Waals surface area contributed by atoms with E-state index in [1.807, 2.05) is 0 Å². The maximum atomic E-state index is 6.60. The first kappa shape index (κ1) is 13.1. The summed E-state index contributed by atoms with van der Waals surface area (Å²) in [4.78, 5) is 0. The van der Waals surface area contributed by atoms with Crippen molar-refractivity contribution in [2.24, 2.45) is 0 Å². The number of hydrogen-bond donors (Lipinski definition) is 0. The van der Waals surface area contributed by atoms with Gasteiger partial charge in [0.25, 0.3) is 0 Å². The Labute approximate surface area is 72.1 Å². The van der Waals surface area contributed by atoms with Gasteiger partial charge in [-0.15, -0.1) is 0 Å². The van der Waals surface area contributed by atoms with Crippen LogP contribution in [0.25, 0.3) is 5.73 Å². The molecule has 0 heterocycles. The molecule has 0 saturated carbocycles. The van der Waals surface area contributed by atoms with Gasteiger partial charge in [0.15, 0.2) is 0 Å². The molecule has 0 aromatic rings. The molecule has 0 aromatic heterocycles. The molecule has 1 N–H and O–H groups in total. The molecule has 10 heavy (non-hydrogen) atoms. The van der Waals surface area contributed by atoms with Gasteiger partial charge >= 0.3 is 39.6 Å². The fourth-order valence-electron chi connectivity index (χ4n) is 0.465. The molecular formula is C8H20AlN. The van der Waals surface area contributed by atoms with Gasteiger partial charge in [-0.1, -0.05) is 19.8 Å². The predicted molar refractivity (Wildman–Crippen MR) is 50.8 cm³/mol. The molecule has 0 radical (unpaired) electrons. The monoisotopic (exact) mass is 157 g/mol. The van der Waals surface area contributed by atoms with E-state index in [-0.39, 0.29) is 0 Å². The molecule has 60 valence electrons. The van der Waals surface area contributed by atoms with E-state index >= 15 is 0 Å². The SMILES string of the molecule is CCCC[NH-].C[CH2][Al+][CH2]C. The number of nitrogens with one attached hydrogen (secondary N) is 1. The molecule has 0 aliphatic carbocycles. The Kier molecular flexibility index (Phi) is 21.3. The summed E-state index contributed by atoms with van der Waals surface area (Å²) in [5.74, 6) is 0. The number of unbranched alkanes of at least 4 members (excludes halogenated alkanes) is 1. The van der Waals surface area contributed by atoms with Crippen molar-refractivity contribution in [3.8, 4) is 0 Å². The van der Waals surface area contributed by atoms with Crippen LogP contribution < -0.4 is 0 Å². The fourth-order valence-corrected chi connectivity index (χ4v) is 1.04. The van der Waals surface area contributed by atoms with Gasteiger partial charge in [-0.25, -0.2) is 0 Å². The Balaban J connectivity index is 0. The molecule has 0 bridgehead atoms. The summed E-state index contributed by atoms with van der Waals surface area (Å²) < 4.78 is 0.